The smallest absolute Gasteiger partial charge is 0.406 e. The van der Waals surface area contributed by atoms with E-state index in [1.54, 1.807) is 32.3 Å². The number of hydrogen-bond acceptors (Lipinski definition) is 10. The molecule has 0 bridgehead atoms. The Morgan fingerprint density at radius 3 is 2.91 bits per heavy atom. The van der Waals surface area contributed by atoms with Gasteiger partial charge in [0, 0.05) is 6.04 Å². The van der Waals surface area contributed by atoms with E-state index < -0.39 is 37.1 Å². The Balaban J connectivity index is 1.49. The van der Waals surface area contributed by atoms with Crippen LogP contribution in [0.1, 0.15) is 33.9 Å². The van der Waals surface area contributed by atoms with E-state index >= 15 is 0 Å². The summed E-state index contributed by atoms with van der Waals surface area (Å²) in [4.78, 5) is 23.0. The molecule has 12 nitrogen and oxygen atoms in total. The molecule has 14 heteroatoms. The van der Waals surface area contributed by atoms with Gasteiger partial charge < -0.3 is 15.2 Å². The number of nitrogen functional groups attached to an aromatic ring is 1. The van der Waals surface area contributed by atoms with E-state index in [1.807, 2.05) is 0 Å². The number of esters is 1. The molecule has 0 spiro atoms. The van der Waals surface area contributed by atoms with Crippen LogP contribution in [0.25, 0.3) is 11.2 Å². The fraction of sp³-hybridized carbons (Fsp3) is 0.667. The molecule has 0 amide bonds. The molecular weight excluding hydrogens is 463 g/mol. The molecule has 2 aliphatic rings. The van der Waals surface area contributed by atoms with Gasteiger partial charge in [-0.25, -0.2) is 24.6 Å². The lowest BCUT2D eigenvalue weighted by atomic mass is 10.0. The maximum absolute atomic E-state index is 13.2. The van der Waals surface area contributed by atoms with Gasteiger partial charge in [0.2, 0.25) is 0 Å². The molecule has 0 aromatic carbocycles. The van der Waals surface area contributed by atoms with Crippen molar-refractivity contribution in [1.29, 1.82) is 0 Å². The number of rotatable bonds is 6. The normalized spacial score (nSPS) is 33.4. The summed E-state index contributed by atoms with van der Waals surface area (Å²) in [5.41, 5.74) is 6.75. The van der Waals surface area contributed by atoms with E-state index in [2.05, 4.69) is 20.0 Å². The minimum absolute atomic E-state index is 0.00396. The molecule has 2 aliphatic heterocycles. The fourth-order valence-corrected chi connectivity index (χ4v) is 5.86. The van der Waals surface area contributed by atoms with Crippen LogP contribution in [0.4, 0.5) is 5.82 Å². The lowest BCUT2D eigenvalue weighted by Gasteiger charge is -2.36. The largest absolute Gasteiger partial charge is 0.464 e. The van der Waals surface area contributed by atoms with E-state index in [0.717, 1.165) is 0 Å². The van der Waals surface area contributed by atoms with E-state index in [0.29, 0.717) is 11.2 Å². The summed E-state index contributed by atoms with van der Waals surface area (Å²) >= 11 is 6.89. The van der Waals surface area contributed by atoms with Crippen LogP contribution in [0.5, 0.6) is 0 Å². The van der Waals surface area contributed by atoms with Crippen LogP contribution < -0.4 is 10.8 Å². The average molecular weight is 489 g/mol. The third-order valence-corrected chi connectivity index (χ3v) is 7.46. The Labute approximate surface area is 189 Å². The Morgan fingerprint density at radius 2 is 2.19 bits per heavy atom. The van der Waals surface area contributed by atoms with Crippen LogP contribution in [0, 0.1) is 5.92 Å². The molecule has 2 fully saturated rings. The summed E-state index contributed by atoms with van der Waals surface area (Å²) in [6.07, 6.45) is 0.773. The first-order chi connectivity index (χ1) is 15.0. The zero-order valence-electron chi connectivity index (χ0n) is 18.1. The molecule has 4 heterocycles. The van der Waals surface area contributed by atoms with E-state index in [9.17, 15) is 9.36 Å². The molecule has 3 N–H and O–H groups in total. The monoisotopic (exact) mass is 488 g/mol. The summed E-state index contributed by atoms with van der Waals surface area (Å²) in [6, 6.07) is -0.475. The SMILES string of the molecule is CC(C)C(=O)OC[C@@H](C)N[P@]1(=O)OC[C@H]2O[C@@H](n3cnc4c(N)ncnc43)[C@](C)(Cl)[C@@H]2O1. The number of anilines is 1. The third-order valence-electron chi connectivity index (χ3n) is 5.31. The van der Waals surface area contributed by atoms with Crippen molar-refractivity contribution >= 4 is 42.3 Å². The van der Waals surface area contributed by atoms with Crippen molar-refractivity contribution in [2.45, 2.75) is 57.0 Å². The number of halogens is 1. The number of nitrogens with zero attached hydrogens (tertiary/aromatic N) is 4. The van der Waals surface area contributed by atoms with Crippen LogP contribution in [0.15, 0.2) is 12.7 Å². The van der Waals surface area contributed by atoms with Crippen LogP contribution in [0.2, 0.25) is 0 Å². The molecule has 4 rings (SSSR count). The molecule has 176 valence electrons. The summed E-state index contributed by atoms with van der Waals surface area (Å²) in [6.45, 7) is 6.91. The van der Waals surface area contributed by atoms with Crippen molar-refractivity contribution in [3.63, 3.8) is 0 Å². The van der Waals surface area contributed by atoms with Gasteiger partial charge >= 0.3 is 13.7 Å². The first-order valence-corrected chi connectivity index (χ1v) is 12.1. The zero-order chi connectivity index (χ0) is 23.3. The maximum Gasteiger partial charge on any atom is 0.406 e. The van der Waals surface area contributed by atoms with Gasteiger partial charge in [0.15, 0.2) is 17.7 Å². The minimum Gasteiger partial charge on any atom is -0.464 e. The van der Waals surface area contributed by atoms with Gasteiger partial charge in [0.05, 0.1) is 18.9 Å². The highest BCUT2D eigenvalue weighted by atomic mass is 35.5. The van der Waals surface area contributed by atoms with Gasteiger partial charge in [0.25, 0.3) is 0 Å². The molecule has 32 heavy (non-hydrogen) atoms. The van der Waals surface area contributed by atoms with Crippen molar-refractivity contribution in [3.8, 4) is 0 Å². The van der Waals surface area contributed by atoms with Crippen LogP contribution >= 0.6 is 19.3 Å². The third kappa shape index (κ3) is 4.23. The highest BCUT2D eigenvalue weighted by molar-refractivity contribution is 7.51. The van der Waals surface area contributed by atoms with E-state index in [1.165, 1.54) is 12.7 Å². The number of hydrogen-bond donors (Lipinski definition) is 2. The number of nitrogens with one attached hydrogen (secondary N) is 1. The summed E-state index contributed by atoms with van der Waals surface area (Å²) in [5.74, 6) is -0.369. The van der Waals surface area contributed by atoms with Gasteiger partial charge in [-0.2, -0.15) is 0 Å². The van der Waals surface area contributed by atoms with Crippen molar-refractivity contribution in [1.82, 2.24) is 24.6 Å². The lowest BCUT2D eigenvalue weighted by Crippen LogP contribution is -2.46. The molecule has 2 saturated heterocycles. The zero-order valence-corrected chi connectivity index (χ0v) is 19.7. The number of ether oxygens (including phenoxy) is 2. The standard InChI is InChI=1S/C18H26ClN6O6P/c1-9(2)16(26)28-5-10(3)24-32(27)29-6-11-13(31-32)18(4,19)17(30-11)25-8-23-12-14(20)21-7-22-15(12)25/h7-11,13,17H,5-6H2,1-4H3,(H,24,27)(H2,20,21,22)/t10-,11-,13-,17-,18-,32+/m1/s1. The predicted octanol–water partition coefficient (Wildman–Crippen LogP) is 2.00. The van der Waals surface area contributed by atoms with Gasteiger partial charge in [-0.15, -0.1) is 11.6 Å². The van der Waals surface area contributed by atoms with Crippen molar-refractivity contribution < 1.29 is 27.9 Å². The maximum atomic E-state index is 13.2. The van der Waals surface area contributed by atoms with Crippen LogP contribution in [-0.2, 0) is 27.9 Å². The number of carbonyl (C=O) groups is 1. The summed E-state index contributed by atoms with van der Waals surface area (Å²) in [5, 5.41) is 2.79. The number of nitrogens with two attached hydrogens (primary N) is 1. The summed E-state index contributed by atoms with van der Waals surface area (Å²) < 4.78 is 37.5. The Kier molecular flexibility index (Phi) is 6.21. The predicted molar refractivity (Wildman–Crippen MR) is 115 cm³/mol. The molecule has 0 radical (unpaired) electrons. The van der Waals surface area contributed by atoms with Gasteiger partial charge in [0.1, 0.15) is 35.5 Å². The van der Waals surface area contributed by atoms with Crippen molar-refractivity contribution in [3.05, 3.63) is 12.7 Å². The second-order valence-corrected chi connectivity index (χ2v) is 10.9. The Hall–Kier alpha value is -1.82. The Morgan fingerprint density at radius 1 is 1.44 bits per heavy atom. The molecule has 2 aromatic heterocycles. The highest BCUT2D eigenvalue weighted by Gasteiger charge is 2.59. The van der Waals surface area contributed by atoms with Crippen LogP contribution in [0.3, 0.4) is 0 Å². The number of alkyl halides is 1. The summed E-state index contributed by atoms with van der Waals surface area (Å²) in [7, 11) is -3.74. The second kappa shape index (κ2) is 8.51. The van der Waals surface area contributed by atoms with Crippen molar-refractivity contribution in [2.24, 2.45) is 5.92 Å². The van der Waals surface area contributed by atoms with E-state index in [4.69, 9.17) is 35.9 Å². The lowest BCUT2D eigenvalue weighted by molar-refractivity contribution is -0.147. The average Bonchev–Trinajstić information content (AvgIpc) is 3.25. The molecule has 0 saturated carbocycles. The van der Waals surface area contributed by atoms with Gasteiger partial charge in [-0.3, -0.25) is 18.4 Å². The molecular formula is C18H26ClN6O6P. The molecule has 0 unspecified atom stereocenters. The molecule has 0 aliphatic carbocycles. The number of imidazole rings is 1. The van der Waals surface area contributed by atoms with Gasteiger partial charge in [-0.1, -0.05) is 13.8 Å². The van der Waals surface area contributed by atoms with Gasteiger partial charge in [-0.05, 0) is 13.8 Å². The second-order valence-electron chi connectivity index (χ2n) is 8.40. The molecule has 2 aromatic rings. The first kappa shape index (κ1) is 23.3. The first-order valence-electron chi connectivity index (χ1n) is 10.2. The van der Waals surface area contributed by atoms with E-state index in [-0.39, 0.29) is 30.9 Å². The quantitative estimate of drug-likeness (QED) is 0.348. The fourth-order valence-electron chi connectivity index (χ4n) is 3.65. The minimum atomic E-state index is -3.74. The topological polar surface area (TPSA) is 153 Å². The number of carbonyl (C=O) groups excluding carboxylic acids is 1. The van der Waals surface area contributed by atoms with Crippen molar-refractivity contribution in [2.75, 3.05) is 18.9 Å². The number of fused-ring (bicyclic) bond motifs is 2. The molecule has 6 atom stereocenters. The Bertz CT molecular complexity index is 1060. The number of aromatic nitrogens is 4. The highest BCUT2D eigenvalue weighted by Crippen LogP contribution is 2.57. The van der Waals surface area contributed by atoms with Crippen LogP contribution in [-0.4, -0.2) is 61.8 Å².